The molecule has 2 aromatic carbocycles. The summed E-state index contributed by atoms with van der Waals surface area (Å²) in [7, 11) is 1.40. The van der Waals surface area contributed by atoms with Crippen molar-refractivity contribution < 1.29 is 14.3 Å². The zero-order valence-electron chi connectivity index (χ0n) is 14.7. The van der Waals surface area contributed by atoms with Gasteiger partial charge in [-0.2, -0.15) is 0 Å². The first kappa shape index (κ1) is 18.7. The van der Waals surface area contributed by atoms with Gasteiger partial charge in [-0.3, -0.25) is 9.59 Å². The van der Waals surface area contributed by atoms with Crippen LogP contribution in [0.25, 0.3) is 0 Å². The number of hydrogen-bond donors (Lipinski definition) is 1. The van der Waals surface area contributed by atoms with Crippen molar-refractivity contribution >= 4 is 11.9 Å². The highest BCUT2D eigenvalue weighted by Gasteiger charge is 2.10. The summed E-state index contributed by atoms with van der Waals surface area (Å²) in [6.45, 7) is 0.611. The van der Waals surface area contributed by atoms with Crippen LogP contribution in [0.1, 0.15) is 47.2 Å². The first-order valence-electron chi connectivity index (χ1n) is 8.67. The fourth-order valence-electron chi connectivity index (χ4n) is 2.68. The molecule has 0 fully saturated rings. The van der Waals surface area contributed by atoms with Gasteiger partial charge in [-0.25, -0.2) is 0 Å². The first-order chi connectivity index (χ1) is 12.2. The molecule has 2 rings (SSSR count). The lowest BCUT2D eigenvalue weighted by molar-refractivity contribution is -0.140. The monoisotopic (exact) mass is 339 g/mol. The van der Waals surface area contributed by atoms with Crippen LogP contribution >= 0.6 is 0 Å². The van der Waals surface area contributed by atoms with Gasteiger partial charge in [0.2, 0.25) is 0 Å². The van der Waals surface area contributed by atoms with E-state index in [0.29, 0.717) is 13.0 Å². The van der Waals surface area contributed by atoms with Gasteiger partial charge in [-0.1, -0.05) is 55.0 Å². The van der Waals surface area contributed by atoms with Crippen LogP contribution < -0.4 is 5.32 Å². The Labute approximate surface area is 149 Å². The minimum Gasteiger partial charge on any atom is -0.469 e. The third-order valence-corrected chi connectivity index (χ3v) is 4.07. The van der Waals surface area contributed by atoms with Crippen molar-refractivity contribution in [1.82, 2.24) is 5.32 Å². The quantitative estimate of drug-likeness (QED) is 0.559. The average Bonchev–Trinajstić information content (AvgIpc) is 2.65. The predicted octanol–water partition coefficient (Wildman–Crippen LogP) is 3.74. The number of carbonyl (C=O) groups is 2. The Morgan fingerprint density at radius 2 is 1.64 bits per heavy atom. The molecular formula is C21H25NO3. The van der Waals surface area contributed by atoms with Gasteiger partial charge in [0.05, 0.1) is 7.11 Å². The van der Waals surface area contributed by atoms with Crippen molar-refractivity contribution in [3.63, 3.8) is 0 Å². The van der Waals surface area contributed by atoms with Crippen molar-refractivity contribution in [2.75, 3.05) is 13.7 Å². The van der Waals surface area contributed by atoms with Crippen LogP contribution in [0.3, 0.4) is 0 Å². The fraction of sp³-hybridized carbons (Fsp3) is 0.333. The summed E-state index contributed by atoms with van der Waals surface area (Å²) in [5, 5.41) is 2.97. The molecule has 0 atom stereocenters. The molecule has 1 amide bonds. The van der Waals surface area contributed by atoms with E-state index in [9.17, 15) is 9.59 Å². The normalized spacial score (nSPS) is 10.3. The number of methoxy groups -OCH3 is 1. The maximum atomic E-state index is 12.5. The van der Waals surface area contributed by atoms with Gasteiger partial charge in [0, 0.05) is 18.5 Å². The van der Waals surface area contributed by atoms with Crippen molar-refractivity contribution in [1.29, 1.82) is 0 Å². The molecule has 0 saturated carbocycles. The third kappa shape index (κ3) is 6.42. The van der Waals surface area contributed by atoms with Crippen LogP contribution in [0.2, 0.25) is 0 Å². The second kappa shape index (κ2) is 10.3. The van der Waals surface area contributed by atoms with Crippen molar-refractivity contribution in [3.05, 3.63) is 71.3 Å². The summed E-state index contributed by atoms with van der Waals surface area (Å²) in [4.78, 5) is 23.5. The highest BCUT2D eigenvalue weighted by Crippen LogP contribution is 2.14. The minimum absolute atomic E-state index is 0.0421. The fourth-order valence-corrected chi connectivity index (χ4v) is 2.68. The zero-order chi connectivity index (χ0) is 17.9. The van der Waals surface area contributed by atoms with Gasteiger partial charge < -0.3 is 10.1 Å². The Balaban J connectivity index is 1.82. The number of unbranched alkanes of at least 4 members (excludes halogenated alkanes) is 2. The van der Waals surface area contributed by atoms with Gasteiger partial charge >= 0.3 is 5.97 Å². The molecule has 4 heteroatoms. The Bertz CT molecular complexity index is 683. The molecule has 0 radical (unpaired) electrons. The molecule has 0 spiro atoms. The summed E-state index contributed by atoms with van der Waals surface area (Å²) in [5.74, 6) is -0.224. The first-order valence-corrected chi connectivity index (χ1v) is 8.67. The number of benzene rings is 2. The largest absolute Gasteiger partial charge is 0.469 e. The smallest absolute Gasteiger partial charge is 0.305 e. The van der Waals surface area contributed by atoms with Crippen LogP contribution in [0.4, 0.5) is 0 Å². The number of nitrogens with one attached hydrogen (secondary N) is 1. The summed E-state index contributed by atoms with van der Waals surface area (Å²) in [5.41, 5.74) is 2.93. The van der Waals surface area contributed by atoms with E-state index in [-0.39, 0.29) is 11.9 Å². The lowest BCUT2D eigenvalue weighted by atomic mass is 9.99. The lowest BCUT2D eigenvalue weighted by Gasteiger charge is -2.10. The maximum absolute atomic E-state index is 12.5. The van der Waals surface area contributed by atoms with E-state index in [0.717, 1.165) is 36.8 Å². The van der Waals surface area contributed by atoms with Crippen LogP contribution in [0, 0.1) is 0 Å². The second-order valence-electron chi connectivity index (χ2n) is 5.96. The Hall–Kier alpha value is -2.62. The molecule has 0 aliphatic carbocycles. The van der Waals surface area contributed by atoms with E-state index < -0.39 is 0 Å². The molecule has 1 N–H and O–H groups in total. The summed E-state index contributed by atoms with van der Waals surface area (Å²) in [6, 6.07) is 17.8. The summed E-state index contributed by atoms with van der Waals surface area (Å²) < 4.78 is 4.61. The molecule has 0 aliphatic heterocycles. The van der Waals surface area contributed by atoms with E-state index in [1.54, 1.807) is 0 Å². The molecule has 0 unspecified atom stereocenters. The van der Waals surface area contributed by atoms with Crippen molar-refractivity contribution in [2.24, 2.45) is 0 Å². The Morgan fingerprint density at radius 1 is 0.920 bits per heavy atom. The number of carbonyl (C=O) groups excluding carboxylic acids is 2. The molecule has 0 aromatic heterocycles. The van der Waals surface area contributed by atoms with Crippen LogP contribution in [-0.2, 0) is 16.0 Å². The van der Waals surface area contributed by atoms with Crippen molar-refractivity contribution in [2.45, 2.75) is 32.1 Å². The van der Waals surface area contributed by atoms with Crippen LogP contribution in [0.15, 0.2) is 54.6 Å². The highest BCUT2D eigenvalue weighted by molar-refractivity contribution is 5.95. The van der Waals surface area contributed by atoms with E-state index in [4.69, 9.17) is 0 Å². The van der Waals surface area contributed by atoms with Gasteiger partial charge in [0.15, 0.2) is 0 Å². The number of amides is 1. The van der Waals surface area contributed by atoms with Gasteiger partial charge in [-0.15, -0.1) is 0 Å². The van der Waals surface area contributed by atoms with Gasteiger partial charge in [-0.05, 0) is 36.5 Å². The Morgan fingerprint density at radius 3 is 2.40 bits per heavy atom. The van der Waals surface area contributed by atoms with E-state index in [2.05, 4.69) is 22.2 Å². The second-order valence-corrected chi connectivity index (χ2v) is 5.96. The summed E-state index contributed by atoms with van der Waals surface area (Å²) >= 11 is 0. The van der Waals surface area contributed by atoms with E-state index >= 15 is 0 Å². The van der Waals surface area contributed by atoms with Gasteiger partial charge in [0.25, 0.3) is 5.91 Å². The third-order valence-electron chi connectivity index (χ3n) is 4.07. The maximum Gasteiger partial charge on any atom is 0.305 e. The van der Waals surface area contributed by atoms with Crippen LogP contribution in [0.5, 0.6) is 0 Å². The predicted molar refractivity (Wildman–Crippen MR) is 98.5 cm³/mol. The SMILES string of the molecule is COC(=O)CCCCCNC(=O)c1ccccc1Cc1ccccc1. The van der Waals surface area contributed by atoms with Crippen LogP contribution in [-0.4, -0.2) is 25.5 Å². The molecule has 0 aliphatic rings. The lowest BCUT2D eigenvalue weighted by Crippen LogP contribution is -2.25. The molecule has 0 saturated heterocycles. The standard InChI is InChI=1S/C21H25NO3/c1-25-20(23)14-6-3-9-15-22-21(24)19-13-8-7-12-18(19)16-17-10-4-2-5-11-17/h2,4-5,7-8,10-13H,3,6,9,14-16H2,1H3,(H,22,24). The molecule has 0 heterocycles. The Kier molecular flexibility index (Phi) is 7.70. The molecule has 132 valence electrons. The van der Waals surface area contributed by atoms with E-state index in [1.165, 1.54) is 12.7 Å². The van der Waals surface area contributed by atoms with Crippen molar-refractivity contribution in [3.8, 4) is 0 Å². The highest BCUT2D eigenvalue weighted by atomic mass is 16.5. The molecule has 25 heavy (non-hydrogen) atoms. The molecular weight excluding hydrogens is 314 g/mol. The topological polar surface area (TPSA) is 55.4 Å². The number of hydrogen-bond acceptors (Lipinski definition) is 3. The van der Waals surface area contributed by atoms with E-state index in [1.807, 2.05) is 42.5 Å². The average molecular weight is 339 g/mol. The molecule has 0 bridgehead atoms. The number of esters is 1. The zero-order valence-corrected chi connectivity index (χ0v) is 14.7. The molecule has 4 nitrogen and oxygen atoms in total. The van der Waals surface area contributed by atoms with Gasteiger partial charge in [0.1, 0.15) is 0 Å². The minimum atomic E-state index is -0.182. The summed E-state index contributed by atoms with van der Waals surface area (Å²) in [6.07, 6.45) is 3.70. The number of rotatable bonds is 9. The number of ether oxygens (including phenoxy) is 1. The molecule has 2 aromatic rings.